The number of halogens is 3. The normalized spacial score (nSPS) is 13.9. The molecule has 2 atom stereocenters. The van der Waals surface area contributed by atoms with Gasteiger partial charge in [0.1, 0.15) is 23.6 Å². The Labute approximate surface area is 181 Å². The maximum Gasteiger partial charge on any atom is 0.132 e. The molecule has 3 N–H and O–H groups in total. The molecule has 7 heteroatoms. The topological polar surface area (TPSA) is 55.9 Å². The molecule has 0 bridgehead atoms. The van der Waals surface area contributed by atoms with Crippen LogP contribution in [-0.4, -0.2) is 28.8 Å². The minimum absolute atomic E-state index is 0.0697. The highest BCUT2D eigenvalue weighted by molar-refractivity contribution is 5.59. The maximum atomic E-state index is 14.5. The lowest BCUT2D eigenvalue weighted by Gasteiger charge is -2.32. The summed E-state index contributed by atoms with van der Waals surface area (Å²) in [6.45, 7) is 6.53. The smallest absolute Gasteiger partial charge is 0.132 e. The van der Waals surface area contributed by atoms with Crippen molar-refractivity contribution in [3.05, 3.63) is 77.8 Å². The molecule has 3 aromatic rings. The standard InChI is InChI=1S/C24H29F3N4/c1-24(2,3)22(29-13-18(26)12-28)23-30-21(19-11-17(25)9-10-20(19)27)15-31(23)14-16-7-5-4-6-8-16/h4-11,15,18,22,29H,12-14,28H2,1-3H3/t18-,22-/m0/s1. The fraction of sp³-hybridized carbons (Fsp3) is 0.375. The van der Waals surface area contributed by atoms with Crippen LogP contribution in [0.3, 0.4) is 0 Å². The van der Waals surface area contributed by atoms with Gasteiger partial charge in [-0.2, -0.15) is 0 Å². The van der Waals surface area contributed by atoms with Crippen LogP contribution in [0.4, 0.5) is 13.2 Å². The molecular formula is C24H29F3N4. The molecule has 2 aromatic carbocycles. The Morgan fingerprint density at radius 3 is 2.45 bits per heavy atom. The van der Waals surface area contributed by atoms with Crippen LogP contribution in [0, 0.1) is 17.0 Å². The van der Waals surface area contributed by atoms with Gasteiger partial charge in [-0.15, -0.1) is 0 Å². The summed E-state index contributed by atoms with van der Waals surface area (Å²) < 4.78 is 44.1. The lowest BCUT2D eigenvalue weighted by atomic mass is 9.86. The molecule has 0 aliphatic carbocycles. The first-order chi connectivity index (χ1) is 14.7. The van der Waals surface area contributed by atoms with Crippen LogP contribution in [0.2, 0.25) is 0 Å². The van der Waals surface area contributed by atoms with Gasteiger partial charge in [-0.05, 0) is 29.2 Å². The maximum absolute atomic E-state index is 14.5. The summed E-state index contributed by atoms with van der Waals surface area (Å²) in [5, 5.41) is 3.24. The molecule has 166 valence electrons. The van der Waals surface area contributed by atoms with E-state index in [0.717, 1.165) is 23.8 Å². The van der Waals surface area contributed by atoms with Crippen LogP contribution in [0.15, 0.2) is 54.7 Å². The van der Waals surface area contributed by atoms with Crippen LogP contribution in [0.1, 0.15) is 38.2 Å². The monoisotopic (exact) mass is 430 g/mol. The molecular weight excluding hydrogens is 401 g/mol. The Hall–Kier alpha value is -2.64. The molecule has 0 unspecified atom stereocenters. The van der Waals surface area contributed by atoms with Crippen molar-refractivity contribution in [1.29, 1.82) is 0 Å². The van der Waals surface area contributed by atoms with E-state index in [1.165, 1.54) is 0 Å². The summed E-state index contributed by atoms with van der Waals surface area (Å²) in [4.78, 5) is 4.69. The molecule has 0 aliphatic heterocycles. The van der Waals surface area contributed by atoms with E-state index in [0.29, 0.717) is 18.1 Å². The van der Waals surface area contributed by atoms with Gasteiger partial charge < -0.3 is 15.6 Å². The predicted octanol–water partition coefficient (Wildman–Crippen LogP) is 4.85. The van der Waals surface area contributed by atoms with Gasteiger partial charge in [0.25, 0.3) is 0 Å². The quantitative estimate of drug-likeness (QED) is 0.537. The molecule has 0 aliphatic rings. The molecule has 3 rings (SSSR count). The number of benzene rings is 2. The minimum atomic E-state index is -1.19. The number of aromatic nitrogens is 2. The van der Waals surface area contributed by atoms with E-state index < -0.39 is 17.8 Å². The fourth-order valence-electron chi connectivity index (χ4n) is 3.50. The zero-order valence-electron chi connectivity index (χ0n) is 18.1. The molecule has 31 heavy (non-hydrogen) atoms. The van der Waals surface area contributed by atoms with E-state index in [-0.39, 0.29) is 30.1 Å². The Morgan fingerprint density at radius 2 is 1.81 bits per heavy atom. The van der Waals surface area contributed by atoms with Crippen LogP contribution < -0.4 is 11.1 Å². The predicted molar refractivity (Wildman–Crippen MR) is 117 cm³/mol. The third kappa shape index (κ3) is 5.74. The number of imidazole rings is 1. The van der Waals surface area contributed by atoms with Crippen molar-refractivity contribution in [2.75, 3.05) is 13.1 Å². The summed E-state index contributed by atoms with van der Waals surface area (Å²) in [6, 6.07) is 12.7. The molecule has 0 radical (unpaired) electrons. The number of nitrogens with zero attached hydrogens (tertiary/aromatic N) is 2. The van der Waals surface area contributed by atoms with Crippen molar-refractivity contribution in [1.82, 2.24) is 14.9 Å². The Kier molecular flexibility index (Phi) is 7.18. The highest BCUT2D eigenvalue weighted by Crippen LogP contribution is 2.34. The summed E-state index contributed by atoms with van der Waals surface area (Å²) in [7, 11) is 0. The van der Waals surface area contributed by atoms with E-state index >= 15 is 0 Å². The Bertz CT molecular complexity index is 996. The van der Waals surface area contributed by atoms with Crippen molar-refractivity contribution in [2.45, 2.75) is 39.5 Å². The average Bonchev–Trinajstić information content (AvgIpc) is 3.12. The van der Waals surface area contributed by atoms with Gasteiger partial charge in [0, 0.05) is 31.4 Å². The van der Waals surface area contributed by atoms with Crippen LogP contribution in [-0.2, 0) is 6.54 Å². The molecule has 0 saturated carbocycles. The van der Waals surface area contributed by atoms with E-state index in [1.54, 1.807) is 6.20 Å². The van der Waals surface area contributed by atoms with Crippen molar-refractivity contribution in [3.63, 3.8) is 0 Å². The Balaban J connectivity index is 2.08. The van der Waals surface area contributed by atoms with Crippen molar-refractivity contribution < 1.29 is 13.2 Å². The van der Waals surface area contributed by atoms with E-state index in [9.17, 15) is 13.2 Å². The SMILES string of the molecule is CC(C)(C)[C@@H](NC[C@@H](F)CN)c1nc(-c2cc(F)ccc2F)cn1Cc1ccccc1. The molecule has 4 nitrogen and oxygen atoms in total. The van der Waals surface area contributed by atoms with Gasteiger partial charge in [0.05, 0.1) is 11.7 Å². The number of nitrogens with one attached hydrogen (secondary N) is 1. The second-order valence-electron chi connectivity index (χ2n) is 8.76. The van der Waals surface area contributed by atoms with Crippen LogP contribution in [0.5, 0.6) is 0 Å². The average molecular weight is 431 g/mol. The first kappa shape index (κ1) is 23.0. The number of rotatable bonds is 8. The summed E-state index contributed by atoms with van der Waals surface area (Å²) >= 11 is 0. The van der Waals surface area contributed by atoms with Crippen molar-refractivity contribution >= 4 is 0 Å². The summed E-state index contributed by atoms with van der Waals surface area (Å²) in [5.41, 5.74) is 6.56. The lowest BCUT2D eigenvalue weighted by Crippen LogP contribution is -2.39. The third-order valence-electron chi connectivity index (χ3n) is 5.13. The number of alkyl halides is 1. The molecule has 1 heterocycles. The number of hydrogen-bond donors (Lipinski definition) is 2. The second kappa shape index (κ2) is 9.66. The van der Waals surface area contributed by atoms with E-state index in [2.05, 4.69) is 10.3 Å². The van der Waals surface area contributed by atoms with Crippen LogP contribution >= 0.6 is 0 Å². The highest BCUT2D eigenvalue weighted by Gasteiger charge is 2.31. The summed E-state index contributed by atoms with van der Waals surface area (Å²) in [6.07, 6.45) is 0.527. The largest absolute Gasteiger partial charge is 0.329 e. The minimum Gasteiger partial charge on any atom is -0.329 e. The van der Waals surface area contributed by atoms with Crippen LogP contribution in [0.25, 0.3) is 11.3 Å². The molecule has 0 fully saturated rings. The molecule has 0 saturated heterocycles. The fourth-order valence-corrected chi connectivity index (χ4v) is 3.50. The summed E-state index contributed by atoms with van der Waals surface area (Å²) in [5.74, 6) is -0.465. The van der Waals surface area contributed by atoms with Crippen molar-refractivity contribution in [2.24, 2.45) is 11.1 Å². The molecule has 0 spiro atoms. The highest BCUT2D eigenvalue weighted by atomic mass is 19.1. The lowest BCUT2D eigenvalue weighted by molar-refractivity contribution is 0.227. The van der Waals surface area contributed by atoms with Gasteiger partial charge in [0.15, 0.2) is 0 Å². The first-order valence-electron chi connectivity index (χ1n) is 10.3. The van der Waals surface area contributed by atoms with Crippen molar-refractivity contribution in [3.8, 4) is 11.3 Å². The van der Waals surface area contributed by atoms with E-state index in [4.69, 9.17) is 5.73 Å². The number of nitrogens with two attached hydrogens (primary N) is 1. The number of hydrogen-bond acceptors (Lipinski definition) is 3. The van der Waals surface area contributed by atoms with Gasteiger partial charge in [-0.25, -0.2) is 18.2 Å². The van der Waals surface area contributed by atoms with Gasteiger partial charge in [-0.3, -0.25) is 0 Å². The zero-order chi connectivity index (χ0) is 22.6. The van der Waals surface area contributed by atoms with E-state index in [1.807, 2.05) is 55.7 Å². The van der Waals surface area contributed by atoms with Gasteiger partial charge in [0.2, 0.25) is 0 Å². The third-order valence-corrected chi connectivity index (χ3v) is 5.13. The zero-order valence-corrected chi connectivity index (χ0v) is 18.1. The second-order valence-corrected chi connectivity index (χ2v) is 8.76. The Morgan fingerprint density at radius 1 is 1.10 bits per heavy atom. The molecule has 1 aromatic heterocycles. The van der Waals surface area contributed by atoms with Gasteiger partial charge in [-0.1, -0.05) is 51.1 Å². The van der Waals surface area contributed by atoms with Gasteiger partial charge >= 0.3 is 0 Å². The molecule has 0 amide bonds. The first-order valence-corrected chi connectivity index (χ1v) is 10.3.